The van der Waals surface area contributed by atoms with E-state index in [2.05, 4.69) is 0 Å². The van der Waals surface area contributed by atoms with E-state index in [-0.39, 0.29) is 29.1 Å². The highest BCUT2D eigenvalue weighted by atomic mass is 32.2. The van der Waals surface area contributed by atoms with Gasteiger partial charge in [0.2, 0.25) is 10.0 Å². The summed E-state index contributed by atoms with van der Waals surface area (Å²) in [6, 6.07) is 6.76. The molecule has 0 saturated carbocycles. The fourth-order valence-electron chi connectivity index (χ4n) is 4.15. The van der Waals surface area contributed by atoms with Gasteiger partial charge in [0, 0.05) is 26.2 Å². The third kappa shape index (κ3) is 4.04. The maximum Gasteiger partial charge on any atom is 0.321 e. The smallest absolute Gasteiger partial charge is 0.321 e. The van der Waals surface area contributed by atoms with Gasteiger partial charge in [-0.2, -0.15) is 4.31 Å². The van der Waals surface area contributed by atoms with Crippen LogP contribution in [-0.2, 0) is 14.8 Å². The maximum atomic E-state index is 13.3. The van der Waals surface area contributed by atoms with Gasteiger partial charge in [-0.05, 0) is 38.8 Å². The molecule has 0 aromatic heterocycles. The van der Waals surface area contributed by atoms with E-state index in [0.717, 1.165) is 5.56 Å². The molecule has 156 valence electrons. The third-order valence-electron chi connectivity index (χ3n) is 5.34. The van der Waals surface area contributed by atoms with Crippen LogP contribution in [0.25, 0.3) is 0 Å². The lowest BCUT2D eigenvalue weighted by atomic mass is 10.1. The molecule has 0 radical (unpaired) electrons. The Bertz CT molecular complexity index is 799. The van der Waals surface area contributed by atoms with Crippen molar-refractivity contribution in [3.8, 4) is 0 Å². The summed E-state index contributed by atoms with van der Waals surface area (Å²) in [5.41, 5.74) is 1.01. The van der Waals surface area contributed by atoms with Crippen molar-refractivity contribution in [2.24, 2.45) is 5.92 Å². The van der Waals surface area contributed by atoms with Crippen LogP contribution in [0.1, 0.15) is 33.3 Å². The molecule has 0 spiro atoms. The van der Waals surface area contributed by atoms with Crippen LogP contribution >= 0.6 is 0 Å². The predicted octanol–water partition coefficient (Wildman–Crippen LogP) is 2.51. The topological polar surface area (TPSA) is 70.2 Å². The molecule has 28 heavy (non-hydrogen) atoms. The van der Waals surface area contributed by atoms with Crippen LogP contribution in [0.2, 0.25) is 0 Å². The van der Waals surface area contributed by atoms with Crippen molar-refractivity contribution in [1.29, 1.82) is 0 Å². The van der Waals surface area contributed by atoms with Gasteiger partial charge in [-0.25, -0.2) is 13.2 Å². The number of nitrogens with zero attached hydrogens (tertiary/aromatic N) is 3. The molecule has 0 bridgehead atoms. The molecule has 0 N–H and O–H groups in total. The first-order valence-electron chi connectivity index (χ1n) is 9.90. The Morgan fingerprint density at radius 3 is 2.18 bits per heavy atom. The number of benzene rings is 1. The van der Waals surface area contributed by atoms with Crippen LogP contribution in [0.5, 0.6) is 0 Å². The minimum absolute atomic E-state index is 0.0254. The molecule has 1 aromatic carbocycles. The van der Waals surface area contributed by atoms with E-state index in [1.807, 2.05) is 34.6 Å². The first kappa shape index (κ1) is 21.1. The van der Waals surface area contributed by atoms with Crippen molar-refractivity contribution >= 4 is 16.1 Å². The number of hydrogen-bond donors (Lipinski definition) is 0. The van der Waals surface area contributed by atoms with E-state index in [9.17, 15) is 13.2 Å². The molecule has 3 atom stereocenters. The predicted molar refractivity (Wildman–Crippen MR) is 107 cm³/mol. The lowest BCUT2D eigenvalue weighted by molar-refractivity contribution is -0.0595. The van der Waals surface area contributed by atoms with E-state index >= 15 is 0 Å². The lowest BCUT2D eigenvalue weighted by Crippen LogP contribution is -2.56. The van der Waals surface area contributed by atoms with Crippen molar-refractivity contribution < 1.29 is 17.9 Å². The summed E-state index contributed by atoms with van der Waals surface area (Å²) in [5, 5.41) is 0. The average Bonchev–Trinajstić information content (AvgIpc) is 3.06. The summed E-state index contributed by atoms with van der Waals surface area (Å²) in [4.78, 5) is 17.0. The second-order valence-corrected chi connectivity index (χ2v) is 10.1. The van der Waals surface area contributed by atoms with Crippen LogP contribution in [0.3, 0.4) is 0 Å². The summed E-state index contributed by atoms with van der Waals surface area (Å²) in [5.74, 6) is -0.0254. The Hall–Kier alpha value is -1.64. The first-order chi connectivity index (χ1) is 13.1. The summed E-state index contributed by atoms with van der Waals surface area (Å²) < 4.78 is 33.7. The van der Waals surface area contributed by atoms with Crippen molar-refractivity contribution in [2.75, 3.05) is 26.2 Å². The SMILES string of the molecule is Cc1ccc(S(=O)(=O)N2CCN(C(=O)N3C[C@H](C)O[C@@H](C)C3)[C@H]2C(C)C)cc1. The monoisotopic (exact) mass is 409 g/mol. The fourth-order valence-corrected chi connectivity index (χ4v) is 5.87. The van der Waals surface area contributed by atoms with Gasteiger partial charge in [-0.3, -0.25) is 0 Å². The van der Waals surface area contributed by atoms with Gasteiger partial charge >= 0.3 is 6.03 Å². The summed E-state index contributed by atoms with van der Waals surface area (Å²) >= 11 is 0. The quantitative estimate of drug-likeness (QED) is 0.769. The van der Waals surface area contributed by atoms with Crippen LogP contribution in [0.15, 0.2) is 29.2 Å². The third-order valence-corrected chi connectivity index (χ3v) is 7.22. The van der Waals surface area contributed by atoms with Gasteiger partial charge in [-0.1, -0.05) is 31.5 Å². The van der Waals surface area contributed by atoms with Gasteiger partial charge in [-0.15, -0.1) is 0 Å². The number of hydrogen-bond acceptors (Lipinski definition) is 4. The molecular weight excluding hydrogens is 378 g/mol. The van der Waals surface area contributed by atoms with Gasteiger partial charge < -0.3 is 14.5 Å². The number of carbonyl (C=O) groups is 1. The zero-order valence-corrected chi connectivity index (χ0v) is 18.1. The van der Waals surface area contributed by atoms with Crippen LogP contribution < -0.4 is 0 Å². The number of carbonyl (C=O) groups excluding carboxylic acids is 1. The van der Waals surface area contributed by atoms with Crippen molar-refractivity contribution in [1.82, 2.24) is 14.1 Å². The number of sulfonamides is 1. The maximum absolute atomic E-state index is 13.3. The molecule has 2 heterocycles. The normalized spacial score (nSPS) is 26.9. The highest BCUT2D eigenvalue weighted by molar-refractivity contribution is 7.89. The van der Waals surface area contributed by atoms with Crippen molar-refractivity contribution in [3.63, 3.8) is 0 Å². The summed E-state index contributed by atoms with van der Waals surface area (Å²) in [6.45, 7) is 11.5. The molecule has 2 saturated heterocycles. The Morgan fingerprint density at radius 2 is 1.64 bits per heavy atom. The minimum Gasteiger partial charge on any atom is -0.372 e. The second kappa shape index (κ2) is 8.00. The number of urea groups is 1. The second-order valence-electron chi connectivity index (χ2n) is 8.22. The molecule has 1 aromatic rings. The van der Waals surface area contributed by atoms with Crippen LogP contribution in [0.4, 0.5) is 4.79 Å². The van der Waals surface area contributed by atoms with E-state index in [1.165, 1.54) is 4.31 Å². The van der Waals surface area contributed by atoms with E-state index in [1.54, 1.807) is 34.1 Å². The molecule has 2 fully saturated rings. The standard InChI is InChI=1S/C20H31N3O4S/c1-14(2)19-22(20(24)21-12-16(4)27-17(5)13-21)10-11-23(19)28(25,26)18-8-6-15(3)7-9-18/h6-9,14,16-17,19H,10-13H2,1-5H3/t16-,17-,19+/m0/s1. The molecule has 8 heteroatoms. The molecule has 2 aliphatic heterocycles. The van der Waals surface area contributed by atoms with Gasteiger partial charge in [0.15, 0.2) is 0 Å². The molecule has 2 aliphatic rings. The number of aryl methyl sites for hydroxylation is 1. The van der Waals surface area contributed by atoms with E-state index < -0.39 is 16.2 Å². The van der Waals surface area contributed by atoms with Crippen molar-refractivity contribution in [3.05, 3.63) is 29.8 Å². The molecule has 3 rings (SSSR count). The number of ether oxygens (including phenoxy) is 1. The van der Waals surface area contributed by atoms with Gasteiger partial charge in [0.1, 0.15) is 6.17 Å². The fraction of sp³-hybridized carbons (Fsp3) is 0.650. The molecule has 0 aliphatic carbocycles. The highest BCUT2D eigenvalue weighted by Gasteiger charge is 2.45. The van der Waals surface area contributed by atoms with Gasteiger partial charge in [0.25, 0.3) is 0 Å². The molecular formula is C20H31N3O4S. The van der Waals surface area contributed by atoms with E-state index in [4.69, 9.17) is 4.74 Å². The van der Waals surface area contributed by atoms with Gasteiger partial charge in [0.05, 0.1) is 17.1 Å². The molecule has 0 unspecified atom stereocenters. The van der Waals surface area contributed by atoms with Crippen molar-refractivity contribution in [2.45, 2.75) is 57.9 Å². The zero-order chi connectivity index (χ0) is 20.6. The first-order valence-corrected chi connectivity index (χ1v) is 11.3. The Morgan fingerprint density at radius 1 is 1.07 bits per heavy atom. The summed E-state index contributed by atoms with van der Waals surface area (Å²) in [7, 11) is -3.67. The summed E-state index contributed by atoms with van der Waals surface area (Å²) in [6.07, 6.45) is -0.548. The number of morpholine rings is 1. The number of amides is 2. The average molecular weight is 410 g/mol. The Balaban J connectivity index is 1.86. The van der Waals surface area contributed by atoms with E-state index in [0.29, 0.717) is 26.2 Å². The van der Waals surface area contributed by atoms with Crippen LogP contribution in [-0.4, -0.2) is 73.1 Å². The minimum atomic E-state index is -3.67. The highest BCUT2D eigenvalue weighted by Crippen LogP contribution is 2.30. The largest absolute Gasteiger partial charge is 0.372 e. The molecule has 7 nitrogen and oxygen atoms in total. The lowest BCUT2D eigenvalue weighted by Gasteiger charge is -2.40. The Labute approximate surface area is 168 Å². The Kier molecular flexibility index (Phi) is 6.03. The number of rotatable bonds is 3. The zero-order valence-electron chi connectivity index (χ0n) is 17.3. The van der Waals surface area contributed by atoms with Crippen LogP contribution in [0, 0.1) is 12.8 Å². The molecule has 2 amide bonds.